The second-order valence-corrected chi connectivity index (χ2v) is 1.55. The molecule has 0 amide bonds. The van der Waals surface area contributed by atoms with Gasteiger partial charge in [0.25, 0.3) is 0 Å². The highest BCUT2D eigenvalue weighted by molar-refractivity contribution is 5.85. The van der Waals surface area contributed by atoms with E-state index in [-0.39, 0.29) is 12.4 Å². The smallest absolute Gasteiger partial charge is 0.309 e. The Hall–Kier alpha value is 0.0400. The zero-order valence-corrected chi connectivity index (χ0v) is 5.94. The van der Waals surface area contributed by atoms with Gasteiger partial charge in [0, 0.05) is 0 Å². The van der Waals surface area contributed by atoms with E-state index in [4.69, 9.17) is 0 Å². The van der Waals surface area contributed by atoms with Crippen LogP contribution in [0.5, 0.6) is 0 Å². The number of hydrogen-bond donors (Lipinski definition) is 1. The van der Waals surface area contributed by atoms with Gasteiger partial charge in [-0.05, 0) is 14.0 Å². The summed E-state index contributed by atoms with van der Waals surface area (Å²) in [6.45, 7) is 1.07. The van der Waals surface area contributed by atoms with Crippen molar-refractivity contribution in [2.45, 2.75) is 19.1 Å². The van der Waals surface area contributed by atoms with Crippen molar-refractivity contribution in [3.05, 3.63) is 0 Å². The molecule has 0 bridgehead atoms. The van der Waals surface area contributed by atoms with Crippen molar-refractivity contribution < 1.29 is 13.2 Å². The van der Waals surface area contributed by atoms with Crippen molar-refractivity contribution in [1.29, 1.82) is 0 Å². The van der Waals surface area contributed by atoms with Crippen LogP contribution >= 0.6 is 12.4 Å². The Morgan fingerprint density at radius 2 is 1.67 bits per heavy atom. The molecule has 1 nitrogen and oxygen atoms in total. The van der Waals surface area contributed by atoms with Crippen LogP contribution in [-0.4, -0.2) is 19.3 Å². The molecule has 0 saturated carbocycles. The van der Waals surface area contributed by atoms with Gasteiger partial charge in [-0.1, -0.05) is 0 Å². The van der Waals surface area contributed by atoms with E-state index in [0.29, 0.717) is 0 Å². The van der Waals surface area contributed by atoms with Crippen LogP contribution in [-0.2, 0) is 0 Å². The van der Waals surface area contributed by atoms with Crippen molar-refractivity contribution in [1.82, 2.24) is 5.32 Å². The van der Waals surface area contributed by atoms with E-state index in [1.54, 1.807) is 0 Å². The van der Waals surface area contributed by atoms with Crippen LogP contribution in [0, 0.1) is 0 Å². The van der Waals surface area contributed by atoms with E-state index < -0.39 is 12.2 Å². The maximum absolute atomic E-state index is 11.4. The summed E-state index contributed by atoms with van der Waals surface area (Å²) in [6.07, 6.45) is -4.10. The fourth-order valence-electron chi connectivity index (χ4n) is 0.164. The fourth-order valence-corrected chi connectivity index (χ4v) is 0.164. The average Bonchev–Trinajstić information content (AvgIpc) is 1.62. The van der Waals surface area contributed by atoms with Gasteiger partial charge in [0.05, 0.1) is 0 Å². The molecule has 1 N–H and O–H groups in total. The third kappa shape index (κ3) is 4.54. The molecule has 0 fully saturated rings. The van der Waals surface area contributed by atoms with Gasteiger partial charge in [-0.15, -0.1) is 12.4 Å². The van der Waals surface area contributed by atoms with Crippen LogP contribution < -0.4 is 5.32 Å². The molecule has 0 aliphatic rings. The monoisotopic (exact) mass is 163 g/mol. The summed E-state index contributed by atoms with van der Waals surface area (Å²) < 4.78 is 34.2. The summed E-state index contributed by atoms with van der Waals surface area (Å²) in [5, 5.41) is 2.08. The van der Waals surface area contributed by atoms with Gasteiger partial charge in [-0.2, -0.15) is 13.2 Å². The van der Waals surface area contributed by atoms with Crippen LogP contribution in [0.2, 0.25) is 0 Å². The highest BCUT2D eigenvalue weighted by atomic mass is 35.5. The highest BCUT2D eigenvalue weighted by Crippen LogP contribution is 2.18. The Morgan fingerprint density at radius 3 is 1.67 bits per heavy atom. The van der Waals surface area contributed by atoms with E-state index in [0.717, 1.165) is 6.92 Å². The van der Waals surface area contributed by atoms with Crippen molar-refractivity contribution in [2.75, 3.05) is 7.05 Å². The van der Waals surface area contributed by atoms with Gasteiger partial charge in [0.15, 0.2) is 0 Å². The van der Waals surface area contributed by atoms with Gasteiger partial charge in [0.1, 0.15) is 6.04 Å². The summed E-state index contributed by atoms with van der Waals surface area (Å²) in [4.78, 5) is 0. The van der Waals surface area contributed by atoms with Crippen LogP contribution in [0.25, 0.3) is 0 Å². The number of halogens is 4. The molecule has 0 rings (SSSR count). The molecule has 0 aromatic rings. The minimum absolute atomic E-state index is 0. The zero-order valence-electron chi connectivity index (χ0n) is 5.12. The van der Waals surface area contributed by atoms with Gasteiger partial charge in [-0.3, -0.25) is 0 Å². The van der Waals surface area contributed by atoms with Crippen LogP contribution in [0.4, 0.5) is 13.2 Å². The second-order valence-electron chi connectivity index (χ2n) is 1.55. The fraction of sp³-hybridized carbons (Fsp3) is 1.00. The third-order valence-electron chi connectivity index (χ3n) is 0.924. The number of nitrogens with one attached hydrogen (secondary N) is 1. The normalized spacial score (nSPS) is 14.3. The van der Waals surface area contributed by atoms with Crippen molar-refractivity contribution in [3.8, 4) is 0 Å². The number of alkyl halides is 3. The Kier molecular flexibility index (Phi) is 5.18. The van der Waals surface area contributed by atoms with Gasteiger partial charge in [0.2, 0.25) is 0 Å². The molecule has 0 aliphatic heterocycles. The quantitative estimate of drug-likeness (QED) is 0.619. The maximum Gasteiger partial charge on any atom is 0.403 e. The standard InChI is InChI=1S/C4H8F3N.ClH/c1-3(8-2)4(5,6)7;/h3,8H,1-2H3;1H/t3-;/m0./s1. The summed E-state index contributed by atoms with van der Waals surface area (Å²) in [5.41, 5.74) is 0. The Labute approximate surface area is 58.0 Å². The average molecular weight is 164 g/mol. The molecule has 0 unspecified atom stereocenters. The Balaban J connectivity index is 0. The largest absolute Gasteiger partial charge is 0.403 e. The summed E-state index contributed by atoms with van der Waals surface area (Å²) >= 11 is 0. The van der Waals surface area contributed by atoms with Gasteiger partial charge < -0.3 is 5.32 Å². The third-order valence-corrected chi connectivity index (χ3v) is 0.924. The van der Waals surface area contributed by atoms with Crippen molar-refractivity contribution in [2.24, 2.45) is 0 Å². The maximum atomic E-state index is 11.4. The molecule has 0 heterocycles. The Bertz CT molecular complexity index is 72.7. The van der Waals surface area contributed by atoms with E-state index in [2.05, 4.69) is 5.32 Å². The van der Waals surface area contributed by atoms with E-state index in [1.165, 1.54) is 7.05 Å². The second kappa shape index (κ2) is 3.95. The molecule has 0 aliphatic carbocycles. The van der Waals surface area contributed by atoms with Crippen molar-refractivity contribution in [3.63, 3.8) is 0 Å². The van der Waals surface area contributed by atoms with Crippen LogP contribution in [0.1, 0.15) is 6.92 Å². The molecule has 1 atom stereocenters. The van der Waals surface area contributed by atoms with Crippen LogP contribution in [0.15, 0.2) is 0 Å². The summed E-state index contributed by atoms with van der Waals surface area (Å²) in [6, 6.07) is -1.40. The topological polar surface area (TPSA) is 12.0 Å². The summed E-state index contributed by atoms with van der Waals surface area (Å²) in [7, 11) is 1.28. The molecular weight excluding hydrogens is 154 g/mol. The lowest BCUT2D eigenvalue weighted by atomic mass is 10.3. The molecule has 0 spiro atoms. The predicted molar refractivity (Wildman–Crippen MR) is 31.8 cm³/mol. The van der Waals surface area contributed by atoms with E-state index in [1.807, 2.05) is 0 Å². The molecular formula is C4H9ClF3N. The molecule has 0 aromatic heterocycles. The molecule has 0 saturated heterocycles. The first-order valence-electron chi connectivity index (χ1n) is 2.22. The van der Waals surface area contributed by atoms with E-state index in [9.17, 15) is 13.2 Å². The lowest BCUT2D eigenvalue weighted by Crippen LogP contribution is -2.36. The minimum Gasteiger partial charge on any atom is -0.309 e. The Morgan fingerprint density at radius 1 is 1.33 bits per heavy atom. The van der Waals surface area contributed by atoms with Crippen LogP contribution in [0.3, 0.4) is 0 Å². The first kappa shape index (κ1) is 11.8. The predicted octanol–water partition coefficient (Wildman–Crippen LogP) is 1.58. The lowest BCUT2D eigenvalue weighted by Gasteiger charge is -2.13. The highest BCUT2D eigenvalue weighted by Gasteiger charge is 2.34. The zero-order chi connectivity index (χ0) is 6.78. The number of hydrogen-bond acceptors (Lipinski definition) is 1. The lowest BCUT2D eigenvalue weighted by molar-refractivity contribution is -0.150. The molecule has 0 radical (unpaired) electrons. The van der Waals surface area contributed by atoms with Gasteiger partial charge in [-0.25, -0.2) is 0 Å². The van der Waals surface area contributed by atoms with Crippen molar-refractivity contribution >= 4 is 12.4 Å². The molecule has 5 heteroatoms. The first-order valence-corrected chi connectivity index (χ1v) is 2.22. The van der Waals surface area contributed by atoms with Gasteiger partial charge >= 0.3 is 6.18 Å². The summed E-state index contributed by atoms with van der Waals surface area (Å²) in [5.74, 6) is 0. The number of rotatable bonds is 1. The van der Waals surface area contributed by atoms with E-state index >= 15 is 0 Å². The minimum atomic E-state index is -4.10. The molecule has 9 heavy (non-hydrogen) atoms. The SMILES string of the molecule is CN[C@@H](C)C(F)(F)F.Cl. The molecule has 0 aromatic carbocycles. The molecule has 58 valence electrons. The first-order chi connectivity index (χ1) is 3.48.